The molecule has 0 saturated heterocycles. The summed E-state index contributed by atoms with van der Waals surface area (Å²) in [6.45, 7) is 3.10. The van der Waals surface area contributed by atoms with Gasteiger partial charge in [0.25, 0.3) is 5.91 Å². The lowest BCUT2D eigenvalue weighted by atomic mass is 10.0. The van der Waals surface area contributed by atoms with Crippen LogP contribution in [0.4, 0.5) is 0 Å². The summed E-state index contributed by atoms with van der Waals surface area (Å²) in [5, 5.41) is 25.5. The van der Waals surface area contributed by atoms with Crippen LogP contribution in [-0.4, -0.2) is 39.3 Å². The van der Waals surface area contributed by atoms with E-state index in [0.717, 1.165) is 0 Å². The molecular formula is C14H17ClN4O4. The van der Waals surface area contributed by atoms with Crippen LogP contribution in [0.2, 0.25) is 5.15 Å². The normalized spacial score (nSPS) is 13.5. The fourth-order valence-electron chi connectivity index (χ4n) is 1.80. The van der Waals surface area contributed by atoms with Crippen molar-refractivity contribution in [2.24, 2.45) is 5.16 Å². The van der Waals surface area contributed by atoms with E-state index in [1.807, 2.05) is 0 Å². The molecule has 0 aliphatic rings. The van der Waals surface area contributed by atoms with Crippen molar-refractivity contribution in [3.63, 3.8) is 0 Å². The third-order valence-corrected chi connectivity index (χ3v) is 3.48. The number of nitrogens with zero attached hydrogens (tertiary/aromatic N) is 3. The van der Waals surface area contributed by atoms with E-state index in [1.165, 1.54) is 25.3 Å². The van der Waals surface area contributed by atoms with Gasteiger partial charge in [0.1, 0.15) is 5.15 Å². The number of amides is 1. The summed E-state index contributed by atoms with van der Waals surface area (Å²) in [6.07, 6.45) is 3.27. The Balaban J connectivity index is 2.80. The van der Waals surface area contributed by atoms with E-state index >= 15 is 0 Å². The largest absolute Gasteiger partial charge is 0.411 e. The van der Waals surface area contributed by atoms with Gasteiger partial charge in [0.2, 0.25) is 6.04 Å². The summed E-state index contributed by atoms with van der Waals surface area (Å²) in [5.74, 6) is -0.488. The Hall–Kier alpha value is -2.48. The molecule has 0 bridgehead atoms. The van der Waals surface area contributed by atoms with Gasteiger partial charge in [0.15, 0.2) is 0 Å². The third kappa shape index (κ3) is 5.33. The molecular weight excluding hydrogens is 324 g/mol. The molecule has 0 aromatic carbocycles. The van der Waals surface area contributed by atoms with Crippen molar-refractivity contribution in [3.05, 3.63) is 50.8 Å². The van der Waals surface area contributed by atoms with Crippen molar-refractivity contribution in [3.8, 4) is 0 Å². The predicted octanol–water partition coefficient (Wildman–Crippen LogP) is 2.30. The van der Waals surface area contributed by atoms with Crippen LogP contribution >= 0.6 is 11.6 Å². The highest BCUT2D eigenvalue weighted by atomic mass is 35.5. The van der Waals surface area contributed by atoms with Gasteiger partial charge in [-0.05, 0) is 24.6 Å². The first kappa shape index (κ1) is 18.6. The number of hydrogen-bond acceptors (Lipinski definition) is 6. The predicted molar refractivity (Wildman–Crippen MR) is 85.6 cm³/mol. The Bertz CT molecular complexity index is 645. The molecule has 1 rings (SSSR count). The van der Waals surface area contributed by atoms with Crippen molar-refractivity contribution in [1.82, 2.24) is 10.3 Å². The van der Waals surface area contributed by atoms with E-state index in [-0.39, 0.29) is 23.0 Å². The first-order chi connectivity index (χ1) is 10.9. The molecule has 1 atom stereocenters. The summed E-state index contributed by atoms with van der Waals surface area (Å²) in [6, 6.07) is 2.17. The standard InChI is InChI=1S/C14H17ClN4O4/c1-3-10(9(2)19(22)23)7-11(18-21)8-17-14(20)12-5-4-6-16-13(12)15/h4-7,9,21H,3,8H2,1-2H3,(H,17,20). The van der Waals surface area contributed by atoms with E-state index in [9.17, 15) is 14.9 Å². The number of halogens is 1. The maximum Gasteiger partial charge on any atom is 0.254 e. The number of rotatable bonds is 7. The molecule has 1 unspecified atom stereocenters. The minimum atomic E-state index is -0.903. The van der Waals surface area contributed by atoms with E-state index in [2.05, 4.69) is 15.5 Å². The molecule has 0 aliphatic heterocycles. The van der Waals surface area contributed by atoms with Crippen LogP contribution in [0.1, 0.15) is 30.6 Å². The molecule has 0 radical (unpaired) electrons. The van der Waals surface area contributed by atoms with Gasteiger partial charge in [-0.1, -0.05) is 23.7 Å². The van der Waals surface area contributed by atoms with Crippen molar-refractivity contribution >= 4 is 23.2 Å². The molecule has 9 heteroatoms. The fourth-order valence-corrected chi connectivity index (χ4v) is 2.01. The minimum Gasteiger partial charge on any atom is -0.411 e. The lowest BCUT2D eigenvalue weighted by Crippen LogP contribution is -2.30. The van der Waals surface area contributed by atoms with Crippen LogP contribution in [0.5, 0.6) is 0 Å². The van der Waals surface area contributed by atoms with Crippen LogP contribution < -0.4 is 5.32 Å². The van der Waals surface area contributed by atoms with Crippen LogP contribution in [0, 0.1) is 10.1 Å². The molecule has 0 fully saturated rings. The van der Waals surface area contributed by atoms with Gasteiger partial charge in [-0.15, -0.1) is 0 Å². The van der Waals surface area contributed by atoms with E-state index in [0.29, 0.717) is 12.0 Å². The zero-order valence-corrected chi connectivity index (χ0v) is 13.4. The SMILES string of the molecule is CCC(=CC(CNC(=O)c1cccnc1Cl)=NO)C(C)[N+](=O)[O-]. The smallest absolute Gasteiger partial charge is 0.254 e. The second-order valence-electron chi connectivity index (χ2n) is 4.65. The molecule has 23 heavy (non-hydrogen) atoms. The highest BCUT2D eigenvalue weighted by Crippen LogP contribution is 2.12. The average Bonchev–Trinajstić information content (AvgIpc) is 2.54. The van der Waals surface area contributed by atoms with Gasteiger partial charge in [-0.3, -0.25) is 14.9 Å². The Kier molecular flexibility index (Phi) is 7.14. The van der Waals surface area contributed by atoms with Gasteiger partial charge in [-0.2, -0.15) is 0 Å². The number of carbonyl (C=O) groups excluding carboxylic acids is 1. The first-order valence-corrected chi connectivity index (χ1v) is 7.22. The van der Waals surface area contributed by atoms with Gasteiger partial charge >= 0.3 is 0 Å². The molecule has 1 aromatic heterocycles. The summed E-state index contributed by atoms with van der Waals surface area (Å²) >= 11 is 5.81. The van der Waals surface area contributed by atoms with E-state index < -0.39 is 16.9 Å². The van der Waals surface area contributed by atoms with Gasteiger partial charge < -0.3 is 10.5 Å². The lowest BCUT2D eigenvalue weighted by Gasteiger charge is -2.09. The summed E-state index contributed by atoms with van der Waals surface area (Å²) in [4.78, 5) is 26.2. The molecule has 2 N–H and O–H groups in total. The molecule has 0 aliphatic carbocycles. The molecule has 8 nitrogen and oxygen atoms in total. The van der Waals surface area contributed by atoms with Crippen LogP contribution in [0.25, 0.3) is 0 Å². The number of carbonyl (C=O) groups is 1. The van der Waals surface area contributed by atoms with Crippen molar-refractivity contribution < 1.29 is 14.9 Å². The maximum atomic E-state index is 12.0. The average molecular weight is 341 g/mol. The van der Waals surface area contributed by atoms with E-state index in [1.54, 1.807) is 13.0 Å². The van der Waals surface area contributed by atoms with Crippen molar-refractivity contribution in [2.75, 3.05) is 6.54 Å². The quantitative estimate of drug-likeness (QED) is 0.259. The number of aromatic nitrogens is 1. The van der Waals surface area contributed by atoms with Crippen LogP contribution in [0.15, 0.2) is 35.1 Å². The highest BCUT2D eigenvalue weighted by Gasteiger charge is 2.18. The zero-order chi connectivity index (χ0) is 17.4. The number of nitro groups is 1. The highest BCUT2D eigenvalue weighted by molar-refractivity contribution is 6.32. The Morgan fingerprint density at radius 2 is 2.35 bits per heavy atom. The van der Waals surface area contributed by atoms with Crippen molar-refractivity contribution in [1.29, 1.82) is 0 Å². The monoisotopic (exact) mass is 340 g/mol. The molecule has 124 valence electrons. The van der Waals surface area contributed by atoms with Gasteiger partial charge in [-0.25, -0.2) is 4.98 Å². The summed E-state index contributed by atoms with van der Waals surface area (Å²) in [5.41, 5.74) is 0.769. The number of oxime groups is 1. The Labute approximate surface area is 138 Å². The zero-order valence-electron chi connectivity index (χ0n) is 12.7. The van der Waals surface area contributed by atoms with Gasteiger partial charge in [0.05, 0.1) is 17.8 Å². The number of nitrogens with one attached hydrogen (secondary N) is 1. The molecule has 1 aromatic rings. The van der Waals surface area contributed by atoms with E-state index in [4.69, 9.17) is 16.8 Å². The molecule has 1 heterocycles. The topological polar surface area (TPSA) is 118 Å². The Morgan fingerprint density at radius 1 is 1.65 bits per heavy atom. The van der Waals surface area contributed by atoms with Crippen molar-refractivity contribution in [2.45, 2.75) is 26.3 Å². The molecule has 0 saturated carbocycles. The summed E-state index contributed by atoms with van der Waals surface area (Å²) < 4.78 is 0. The number of hydrogen-bond donors (Lipinski definition) is 2. The first-order valence-electron chi connectivity index (χ1n) is 6.84. The fraction of sp³-hybridized carbons (Fsp3) is 0.357. The van der Waals surface area contributed by atoms with Crippen LogP contribution in [0.3, 0.4) is 0 Å². The maximum absolute atomic E-state index is 12.0. The third-order valence-electron chi connectivity index (χ3n) is 3.18. The second kappa shape index (κ2) is 8.84. The lowest BCUT2D eigenvalue weighted by molar-refractivity contribution is -0.507. The van der Waals surface area contributed by atoms with Crippen LogP contribution in [-0.2, 0) is 0 Å². The molecule has 1 amide bonds. The summed E-state index contributed by atoms with van der Waals surface area (Å²) in [7, 11) is 0. The second-order valence-corrected chi connectivity index (χ2v) is 5.01. The molecule has 0 spiro atoms. The number of pyridine rings is 1. The van der Waals surface area contributed by atoms with Gasteiger partial charge in [0, 0.05) is 23.6 Å². The minimum absolute atomic E-state index is 0.0549. The Morgan fingerprint density at radius 3 is 2.87 bits per heavy atom.